The van der Waals surface area contributed by atoms with Crippen LogP contribution in [-0.2, 0) is 26.2 Å². The fourth-order valence-corrected chi connectivity index (χ4v) is 2.85. The minimum atomic E-state index is -4.79. The molecule has 0 saturated carbocycles. The Morgan fingerprint density at radius 1 is 1.42 bits per heavy atom. The van der Waals surface area contributed by atoms with Gasteiger partial charge < -0.3 is 10.1 Å². The van der Waals surface area contributed by atoms with E-state index in [2.05, 4.69) is 10.4 Å². The zero-order valence-electron chi connectivity index (χ0n) is 14.1. The molecule has 0 aliphatic rings. The Morgan fingerprint density at radius 3 is 2.58 bits per heavy atom. The van der Waals surface area contributed by atoms with Crippen LogP contribution >= 0.6 is 11.6 Å². The maximum Gasteiger partial charge on any atom is 0.418 e. The molecule has 0 unspecified atom stereocenters. The van der Waals surface area contributed by atoms with Gasteiger partial charge in [0.1, 0.15) is 5.69 Å². The molecule has 0 amide bonds. The van der Waals surface area contributed by atoms with Gasteiger partial charge in [0.05, 0.1) is 33.9 Å². The molecular formula is C15H16ClF3N4O3. The normalized spacial score (nSPS) is 11.5. The molecule has 0 fully saturated rings. The Bertz CT molecular complexity index is 837. The number of nitrogens with one attached hydrogen (secondary N) is 1. The predicted octanol–water partition coefficient (Wildman–Crippen LogP) is 4.18. The van der Waals surface area contributed by atoms with Crippen molar-refractivity contribution in [3.63, 3.8) is 0 Å². The standard InChI is InChI=1S/C15H16ClF3N4O3/c1-4-11-8(14(26-3)22(2)21-11)7-20-12-6-10(16)9(15(17,18)19)5-13(12)23(24)25/h5-6,20H,4,7H2,1-3H3. The molecular weight excluding hydrogens is 377 g/mol. The average Bonchev–Trinajstić information content (AvgIpc) is 2.86. The number of hydrogen-bond acceptors (Lipinski definition) is 5. The van der Waals surface area contributed by atoms with Crippen molar-refractivity contribution in [2.45, 2.75) is 26.1 Å². The van der Waals surface area contributed by atoms with E-state index in [-0.39, 0.29) is 12.2 Å². The maximum absolute atomic E-state index is 12.9. The molecule has 7 nitrogen and oxygen atoms in total. The van der Waals surface area contributed by atoms with Crippen LogP contribution < -0.4 is 10.1 Å². The molecule has 0 bridgehead atoms. The largest absolute Gasteiger partial charge is 0.481 e. The summed E-state index contributed by atoms with van der Waals surface area (Å²) in [4.78, 5) is 10.3. The lowest BCUT2D eigenvalue weighted by Crippen LogP contribution is -2.10. The SMILES string of the molecule is CCc1nn(C)c(OC)c1CNc1cc(Cl)c(C(F)(F)F)cc1[N+](=O)[O-]. The lowest BCUT2D eigenvalue weighted by Gasteiger charge is -2.13. The van der Waals surface area contributed by atoms with Gasteiger partial charge in [0.2, 0.25) is 5.88 Å². The molecule has 0 spiro atoms. The van der Waals surface area contributed by atoms with Crippen LogP contribution in [0.1, 0.15) is 23.7 Å². The first kappa shape index (κ1) is 19.8. The highest BCUT2D eigenvalue weighted by Gasteiger charge is 2.36. The van der Waals surface area contributed by atoms with Gasteiger partial charge >= 0.3 is 6.18 Å². The van der Waals surface area contributed by atoms with Gasteiger partial charge in [-0.2, -0.15) is 18.3 Å². The van der Waals surface area contributed by atoms with E-state index < -0.39 is 27.4 Å². The van der Waals surface area contributed by atoms with Crippen molar-refractivity contribution in [2.75, 3.05) is 12.4 Å². The molecule has 142 valence electrons. The van der Waals surface area contributed by atoms with E-state index >= 15 is 0 Å². The summed E-state index contributed by atoms with van der Waals surface area (Å²) in [7, 11) is 3.14. The number of ether oxygens (including phenoxy) is 1. The Balaban J connectivity index is 2.42. The third kappa shape index (κ3) is 3.85. The van der Waals surface area contributed by atoms with E-state index in [1.165, 1.54) is 11.8 Å². The van der Waals surface area contributed by atoms with Crippen LogP contribution in [-0.4, -0.2) is 21.8 Å². The highest BCUT2D eigenvalue weighted by Crippen LogP contribution is 2.40. The Kier molecular flexibility index (Phi) is 5.65. The summed E-state index contributed by atoms with van der Waals surface area (Å²) in [6, 6.07) is 1.32. The fourth-order valence-electron chi connectivity index (χ4n) is 2.58. The van der Waals surface area contributed by atoms with Crippen molar-refractivity contribution in [1.29, 1.82) is 0 Å². The van der Waals surface area contributed by atoms with Gasteiger partial charge in [0, 0.05) is 19.7 Å². The number of alkyl halides is 3. The van der Waals surface area contributed by atoms with Gasteiger partial charge in [-0.25, -0.2) is 4.68 Å². The fraction of sp³-hybridized carbons (Fsp3) is 0.400. The van der Waals surface area contributed by atoms with Crippen LogP contribution in [0.4, 0.5) is 24.5 Å². The van der Waals surface area contributed by atoms with Crippen molar-refractivity contribution in [1.82, 2.24) is 9.78 Å². The Labute approximate surface area is 151 Å². The third-order valence-electron chi connectivity index (χ3n) is 3.74. The zero-order valence-corrected chi connectivity index (χ0v) is 14.9. The van der Waals surface area contributed by atoms with Crippen molar-refractivity contribution < 1.29 is 22.8 Å². The van der Waals surface area contributed by atoms with E-state index in [9.17, 15) is 23.3 Å². The van der Waals surface area contributed by atoms with E-state index in [0.717, 1.165) is 6.07 Å². The van der Waals surface area contributed by atoms with E-state index in [1.807, 2.05) is 6.92 Å². The number of halogens is 4. The number of methoxy groups -OCH3 is 1. The average molecular weight is 393 g/mol. The zero-order chi connectivity index (χ0) is 19.6. The van der Waals surface area contributed by atoms with Crippen molar-refractivity contribution in [3.8, 4) is 5.88 Å². The quantitative estimate of drug-likeness (QED) is 0.589. The van der Waals surface area contributed by atoms with Crippen molar-refractivity contribution in [2.24, 2.45) is 7.05 Å². The predicted molar refractivity (Wildman–Crippen MR) is 89.6 cm³/mol. The van der Waals surface area contributed by atoms with Crippen LogP contribution in [0.3, 0.4) is 0 Å². The van der Waals surface area contributed by atoms with Crippen molar-refractivity contribution >= 4 is 23.0 Å². The molecule has 0 radical (unpaired) electrons. The Morgan fingerprint density at radius 2 is 2.08 bits per heavy atom. The maximum atomic E-state index is 12.9. The number of rotatable bonds is 6. The summed E-state index contributed by atoms with van der Waals surface area (Å²) in [6.45, 7) is 1.95. The molecule has 26 heavy (non-hydrogen) atoms. The minimum absolute atomic E-state index is 0.0721. The number of benzene rings is 1. The van der Waals surface area contributed by atoms with E-state index in [4.69, 9.17) is 16.3 Å². The molecule has 0 saturated heterocycles. The van der Waals surface area contributed by atoms with Crippen molar-refractivity contribution in [3.05, 3.63) is 44.1 Å². The van der Waals surface area contributed by atoms with E-state index in [0.29, 0.717) is 29.6 Å². The molecule has 1 heterocycles. The first-order chi connectivity index (χ1) is 12.1. The number of nitrogens with zero attached hydrogens (tertiary/aromatic N) is 3. The first-order valence-corrected chi connectivity index (χ1v) is 7.85. The summed E-state index contributed by atoms with van der Waals surface area (Å²) in [6.07, 6.45) is -4.20. The van der Waals surface area contributed by atoms with Crippen LogP contribution in [0, 0.1) is 10.1 Å². The summed E-state index contributed by atoms with van der Waals surface area (Å²) in [5.41, 5.74) is -0.742. The molecule has 2 aromatic rings. The van der Waals surface area contributed by atoms with Gasteiger partial charge in [-0.3, -0.25) is 10.1 Å². The smallest absolute Gasteiger partial charge is 0.418 e. The molecule has 0 aliphatic heterocycles. The van der Waals surface area contributed by atoms with Crippen LogP contribution in [0.2, 0.25) is 5.02 Å². The molecule has 11 heteroatoms. The molecule has 0 aliphatic carbocycles. The minimum Gasteiger partial charge on any atom is -0.481 e. The topological polar surface area (TPSA) is 82.2 Å². The van der Waals surface area contributed by atoms with E-state index in [1.54, 1.807) is 7.05 Å². The van der Waals surface area contributed by atoms with Crippen LogP contribution in [0.15, 0.2) is 12.1 Å². The number of aromatic nitrogens is 2. The second-order valence-corrected chi connectivity index (χ2v) is 5.78. The highest BCUT2D eigenvalue weighted by molar-refractivity contribution is 6.31. The number of nitro benzene ring substituents is 1. The first-order valence-electron chi connectivity index (χ1n) is 7.47. The number of hydrogen-bond donors (Lipinski definition) is 1. The van der Waals surface area contributed by atoms with Crippen LogP contribution in [0.25, 0.3) is 0 Å². The third-order valence-corrected chi connectivity index (χ3v) is 4.06. The lowest BCUT2D eigenvalue weighted by atomic mass is 10.1. The van der Waals surface area contributed by atoms with Crippen LogP contribution in [0.5, 0.6) is 5.88 Å². The monoisotopic (exact) mass is 392 g/mol. The molecule has 0 atom stereocenters. The number of nitro groups is 1. The lowest BCUT2D eigenvalue weighted by molar-refractivity contribution is -0.384. The summed E-state index contributed by atoms with van der Waals surface area (Å²) in [5, 5.41) is 17.6. The molecule has 1 aromatic carbocycles. The second-order valence-electron chi connectivity index (χ2n) is 5.37. The second kappa shape index (κ2) is 7.40. The number of anilines is 1. The van der Waals surface area contributed by atoms with Gasteiger partial charge in [0.15, 0.2) is 0 Å². The van der Waals surface area contributed by atoms with Gasteiger partial charge in [-0.15, -0.1) is 0 Å². The number of aryl methyl sites for hydroxylation is 2. The summed E-state index contributed by atoms with van der Waals surface area (Å²) < 4.78 is 45.5. The Hall–Kier alpha value is -2.49. The molecule has 1 N–H and O–H groups in total. The summed E-state index contributed by atoms with van der Waals surface area (Å²) in [5.74, 6) is 0.454. The van der Waals surface area contributed by atoms with Gasteiger partial charge in [0.25, 0.3) is 5.69 Å². The summed E-state index contributed by atoms with van der Waals surface area (Å²) >= 11 is 5.67. The van der Waals surface area contributed by atoms with Gasteiger partial charge in [-0.05, 0) is 12.5 Å². The highest BCUT2D eigenvalue weighted by atomic mass is 35.5. The molecule has 1 aromatic heterocycles. The van der Waals surface area contributed by atoms with Gasteiger partial charge in [-0.1, -0.05) is 18.5 Å². The molecule has 2 rings (SSSR count).